The predicted octanol–water partition coefficient (Wildman–Crippen LogP) is 4.24. The summed E-state index contributed by atoms with van der Waals surface area (Å²) in [4.78, 5) is 24.0. The van der Waals surface area contributed by atoms with Crippen molar-refractivity contribution in [3.63, 3.8) is 0 Å². The summed E-state index contributed by atoms with van der Waals surface area (Å²) < 4.78 is 45.0. The number of esters is 1. The Kier molecular flexibility index (Phi) is 8.60. The standard InChI is InChI=1S/C23H24ClFN2O5S/c24-20-15-18(25)8-11-21(20)26-22(28)16-32-23(29)12-7-17-5-9-19(10-6-17)33(30,31)27-13-3-1-2-4-14-27/h5-12,15H,1-4,13-14,16H2,(H,26,28)/b12-7+. The number of halogens is 2. The normalized spacial score (nSPS) is 15.2. The Morgan fingerprint density at radius 1 is 1.06 bits per heavy atom. The van der Waals surface area contributed by atoms with Gasteiger partial charge in [0.25, 0.3) is 5.91 Å². The molecule has 2 aromatic rings. The molecule has 176 valence electrons. The van der Waals surface area contributed by atoms with Crippen LogP contribution in [-0.4, -0.2) is 44.3 Å². The van der Waals surface area contributed by atoms with E-state index < -0.39 is 34.3 Å². The highest BCUT2D eigenvalue weighted by Crippen LogP contribution is 2.22. The highest BCUT2D eigenvalue weighted by Gasteiger charge is 2.24. The zero-order valence-corrected chi connectivity index (χ0v) is 19.4. The topological polar surface area (TPSA) is 92.8 Å². The van der Waals surface area contributed by atoms with E-state index in [2.05, 4.69) is 5.32 Å². The number of sulfonamides is 1. The van der Waals surface area contributed by atoms with Gasteiger partial charge < -0.3 is 10.1 Å². The average Bonchev–Trinajstić information content (AvgIpc) is 3.09. The number of hydrogen-bond acceptors (Lipinski definition) is 5. The number of ether oxygens (including phenoxy) is 1. The van der Waals surface area contributed by atoms with Crippen LogP contribution in [-0.2, 0) is 24.3 Å². The smallest absolute Gasteiger partial charge is 0.331 e. The molecule has 0 saturated carbocycles. The molecule has 0 aliphatic carbocycles. The summed E-state index contributed by atoms with van der Waals surface area (Å²) >= 11 is 5.83. The van der Waals surface area contributed by atoms with Crippen molar-refractivity contribution >= 4 is 45.3 Å². The summed E-state index contributed by atoms with van der Waals surface area (Å²) in [6.45, 7) is 0.497. The van der Waals surface area contributed by atoms with Crippen LogP contribution in [0.15, 0.2) is 53.4 Å². The molecule has 10 heteroatoms. The molecule has 0 spiro atoms. The van der Waals surface area contributed by atoms with Gasteiger partial charge in [-0.15, -0.1) is 0 Å². The molecule has 1 heterocycles. The third-order valence-corrected chi connectivity index (χ3v) is 7.27. The summed E-state index contributed by atoms with van der Waals surface area (Å²) in [5.41, 5.74) is 0.800. The second-order valence-corrected chi connectivity index (χ2v) is 9.85. The van der Waals surface area contributed by atoms with Gasteiger partial charge in [0.2, 0.25) is 10.0 Å². The maximum absolute atomic E-state index is 13.0. The van der Waals surface area contributed by atoms with E-state index in [0.717, 1.165) is 43.9 Å². The second-order valence-electron chi connectivity index (χ2n) is 7.50. The van der Waals surface area contributed by atoms with Gasteiger partial charge in [-0.25, -0.2) is 17.6 Å². The van der Waals surface area contributed by atoms with Crippen molar-refractivity contribution in [3.8, 4) is 0 Å². The van der Waals surface area contributed by atoms with Crippen molar-refractivity contribution in [2.24, 2.45) is 0 Å². The molecule has 3 rings (SSSR count). The third-order valence-electron chi connectivity index (χ3n) is 5.05. The molecule has 1 fully saturated rings. The lowest BCUT2D eigenvalue weighted by molar-refractivity contribution is -0.142. The molecule has 7 nitrogen and oxygen atoms in total. The van der Waals surface area contributed by atoms with Gasteiger partial charge in [0.05, 0.1) is 15.6 Å². The molecular weight excluding hydrogens is 471 g/mol. The molecule has 1 saturated heterocycles. The molecule has 0 unspecified atom stereocenters. The average molecular weight is 495 g/mol. The van der Waals surface area contributed by atoms with Crippen molar-refractivity contribution < 1.29 is 27.1 Å². The van der Waals surface area contributed by atoms with E-state index in [4.69, 9.17) is 16.3 Å². The van der Waals surface area contributed by atoms with Crippen molar-refractivity contribution in [2.45, 2.75) is 30.6 Å². The number of carbonyl (C=O) groups is 2. The van der Waals surface area contributed by atoms with Crippen LogP contribution >= 0.6 is 11.6 Å². The molecule has 0 atom stereocenters. The van der Waals surface area contributed by atoms with E-state index in [9.17, 15) is 22.4 Å². The molecule has 33 heavy (non-hydrogen) atoms. The first kappa shape index (κ1) is 24.9. The number of nitrogens with one attached hydrogen (secondary N) is 1. The van der Waals surface area contributed by atoms with Crippen LogP contribution in [0.3, 0.4) is 0 Å². The van der Waals surface area contributed by atoms with Gasteiger partial charge >= 0.3 is 5.97 Å². The Balaban J connectivity index is 1.52. The van der Waals surface area contributed by atoms with Gasteiger partial charge in [-0.2, -0.15) is 4.31 Å². The lowest BCUT2D eigenvalue weighted by atomic mass is 10.2. The van der Waals surface area contributed by atoms with E-state index >= 15 is 0 Å². The first-order chi connectivity index (χ1) is 15.8. The van der Waals surface area contributed by atoms with Crippen molar-refractivity contribution in [1.29, 1.82) is 0 Å². The lowest BCUT2D eigenvalue weighted by Crippen LogP contribution is -2.31. The predicted molar refractivity (Wildman–Crippen MR) is 124 cm³/mol. The fraction of sp³-hybridized carbons (Fsp3) is 0.304. The Bertz CT molecular complexity index is 1130. The number of nitrogens with zero attached hydrogens (tertiary/aromatic N) is 1. The number of benzene rings is 2. The quantitative estimate of drug-likeness (QED) is 0.459. The summed E-state index contributed by atoms with van der Waals surface area (Å²) in [6, 6.07) is 9.69. The van der Waals surface area contributed by atoms with Gasteiger partial charge in [0.1, 0.15) is 5.82 Å². The van der Waals surface area contributed by atoms with E-state index in [1.54, 1.807) is 12.1 Å². The fourth-order valence-electron chi connectivity index (χ4n) is 3.31. The Morgan fingerprint density at radius 3 is 2.36 bits per heavy atom. The number of anilines is 1. The first-order valence-corrected chi connectivity index (χ1v) is 12.3. The summed E-state index contributed by atoms with van der Waals surface area (Å²) in [5, 5.41) is 2.44. The highest BCUT2D eigenvalue weighted by atomic mass is 35.5. The molecule has 0 radical (unpaired) electrons. The second kappa shape index (κ2) is 11.4. The number of rotatable bonds is 7. The Morgan fingerprint density at radius 2 is 1.73 bits per heavy atom. The maximum atomic E-state index is 13.0. The van der Waals surface area contributed by atoms with Gasteiger partial charge in [-0.3, -0.25) is 4.79 Å². The summed E-state index contributed by atoms with van der Waals surface area (Å²) in [5.74, 6) is -1.92. The molecule has 2 aromatic carbocycles. The van der Waals surface area contributed by atoms with Gasteiger partial charge in [0.15, 0.2) is 6.61 Å². The van der Waals surface area contributed by atoms with E-state index in [-0.39, 0.29) is 15.6 Å². The van der Waals surface area contributed by atoms with Crippen LogP contribution in [0.25, 0.3) is 6.08 Å². The van der Waals surface area contributed by atoms with Crippen molar-refractivity contribution in [3.05, 3.63) is 64.9 Å². The zero-order chi connectivity index (χ0) is 23.8. The van der Waals surface area contributed by atoms with E-state index in [0.29, 0.717) is 18.7 Å². The van der Waals surface area contributed by atoms with Gasteiger partial charge in [-0.1, -0.05) is 36.6 Å². The number of amides is 1. The fourth-order valence-corrected chi connectivity index (χ4v) is 5.04. The zero-order valence-electron chi connectivity index (χ0n) is 17.8. The Hall–Kier alpha value is -2.75. The molecule has 0 aromatic heterocycles. The minimum absolute atomic E-state index is 0.0240. The highest BCUT2D eigenvalue weighted by molar-refractivity contribution is 7.89. The van der Waals surface area contributed by atoms with Gasteiger partial charge in [0, 0.05) is 19.2 Å². The van der Waals surface area contributed by atoms with E-state index in [1.165, 1.54) is 28.6 Å². The number of hydrogen-bond donors (Lipinski definition) is 1. The van der Waals surface area contributed by atoms with Crippen LogP contribution in [0.5, 0.6) is 0 Å². The molecular formula is C23H24ClFN2O5S. The SMILES string of the molecule is O=C(COC(=O)/C=C/c1ccc(S(=O)(=O)N2CCCCCC2)cc1)Nc1ccc(F)cc1Cl. The Labute approximate surface area is 197 Å². The summed E-state index contributed by atoms with van der Waals surface area (Å²) in [6.07, 6.45) is 6.38. The molecule has 1 aliphatic rings. The monoisotopic (exact) mass is 494 g/mol. The summed E-state index contributed by atoms with van der Waals surface area (Å²) in [7, 11) is -3.54. The van der Waals surface area contributed by atoms with E-state index in [1.807, 2.05) is 0 Å². The van der Waals surface area contributed by atoms with Crippen molar-refractivity contribution in [2.75, 3.05) is 25.0 Å². The first-order valence-electron chi connectivity index (χ1n) is 10.5. The van der Waals surface area contributed by atoms with Crippen LogP contribution in [0.4, 0.5) is 10.1 Å². The molecule has 1 N–H and O–H groups in total. The van der Waals surface area contributed by atoms with Crippen LogP contribution in [0.1, 0.15) is 31.2 Å². The molecule has 1 amide bonds. The van der Waals surface area contributed by atoms with Crippen molar-refractivity contribution in [1.82, 2.24) is 4.31 Å². The van der Waals surface area contributed by atoms with Crippen LogP contribution in [0.2, 0.25) is 5.02 Å². The lowest BCUT2D eigenvalue weighted by Gasteiger charge is -2.19. The minimum atomic E-state index is -3.54. The maximum Gasteiger partial charge on any atom is 0.331 e. The molecule has 1 aliphatic heterocycles. The van der Waals surface area contributed by atoms with Gasteiger partial charge in [-0.05, 0) is 54.8 Å². The molecule has 0 bridgehead atoms. The van der Waals surface area contributed by atoms with Crippen LogP contribution < -0.4 is 5.32 Å². The minimum Gasteiger partial charge on any atom is -0.452 e. The number of carbonyl (C=O) groups excluding carboxylic acids is 2. The van der Waals surface area contributed by atoms with Crippen LogP contribution in [0, 0.1) is 5.82 Å². The largest absolute Gasteiger partial charge is 0.452 e. The third kappa shape index (κ3) is 7.12.